The number of rotatable bonds is 7. The summed E-state index contributed by atoms with van der Waals surface area (Å²) in [5.74, 6) is 2.52. The second-order valence-corrected chi connectivity index (χ2v) is 8.89. The Morgan fingerprint density at radius 3 is 2.69 bits per heavy atom. The van der Waals surface area contributed by atoms with Gasteiger partial charge in [-0.15, -0.1) is 0 Å². The summed E-state index contributed by atoms with van der Waals surface area (Å²) in [6.07, 6.45) is 10.1. The SMILES string of the molecule is CCCC(CCC)C1CCN(c2cc(-c3cn[nH]c3)c3ccc(Cl)c(Cl)c3n2)C1. The third-order valence-corrected chi connectivity index (χ3v) is 7.00. The molecular formula is C23H28Cl2N4. The molecule has 1 N–H and O–H groups in total. The first-order valence-electron chi connectivity index (χ1n) is 10.6. The van der Waals surface area contributed by atoms with Crippen molar-refractivity contribution in [2.45, 2.75) is 46.0 Å². The molecule has 4 rings (SSSR count). The molecule has 1 atom stereocenters. The highest BCUT2D eigenvalue weighted by atomic mass is 35.5. The van der Waals surface area contributed by atoms with E-state index in [0.717, 1.165) is 52.8 Å². The largest absolute Gasteiger partial charge is 0.356 e. The molecule has 2 aromatic heterocycles. The summed E-state index contributed by atoms with van der Waals surface area (Å²) in [7, 11) is 0. The van der Waals surface area contributed by atoms with Crippen molar-refractivity contribution < 1.29 is 0 Å². The highest BCUT2D eigenvalue weighted by molar-refractivity contribution is 6.45. The monoisotopic (exact) mass is 430 g/mol. The maximum atomic E-state index is 6.56. The summed E-state index contributed by atoms with van der Waals surface area (Å²) in [5, 5.41) is 9.09. The maximum absolute atomic E-state index is 6.56. The van der Waals surface area contributed by atoms with Gasteiger partial charge in [-0.25, -0.2) is 4.98 Å². The highest BCUT2D eigenvalue weighted by Crippen LogP contribution is 2.39. The molecule has 29 heavy (non-hydrogen) atoms. The lowest BCUT2D eigenvalue weighted by atomic mass is 9.84. The van der Waals surface area contributed by atoms with Crippen molar-refractivity contribution in [3.05, 3.63) is 40.6 Å². The number of hydrogen-bond donors (Lipinski definition) is 1. The minimum Gasteiger partial charge on any atom is -0.356 e. The molecule has 1 unspecified atom stereocenters. The van der Waals surface area contributed by atoms with E-state index in [1.165, 1.54) is 32.1 Å². The van der Waals surface area contributed by atoms with Crippen LogP contribution in [-0.2, 0) is 0 Å². The smallest absolute Gasteiger partial charge is 0.129 e. The van der Waals surface area contributed by atoms with Gasteiger partial charge in [0.1, 0.15) is 5.82 Å². The average molecular weight is 431 g/mol. The van der Waals surface area contributed by atoms with Crippen molar-refractivity contribution in [2.75, 3.05) is 18.0 Å². The predicted octanol–water partition coefficient (Wildman–Crippen LogP) is 6.97. The molecule has 1 aromatic carbocycles. The number of nitrogens with one attached hydrogen (secondary N) is 1. The Kier molecular flexibility index (Phi) is 6.31. The van der Waals surface area contributed by atoms with Gasteiger partial charge in [0.25, 0.3) is 0 Å². The summed E-state index contributed by atoms with van der Waals surface area (Å²) in [6.45, 7) is 6.69. The van der Waals surface area contributed by atoms with Gasteiger partial charge < -0.3 is 4.90 Å². The Morgan fingerprint density at radius 1 is 1.21 bits per heavy atom. The number of aromatic amines is 1. The fraction of sp³-hybridized carbons (Fsp3) is 0.478. The van der Waals surface area contributed by atoms with Crippen LogP contribution >= 0.6 is 23.2 Å². The molecule has 0 radical (unpaired) electrons. The van der Waals surface area contributed by atoms with Crippen molar-refractivity contribution in [1.82, 2.24) is 15.2 Å². The number of aromatic nitrogens is 3. The first kappa shape index (κ1) is 20.5. The number of hydrogen-bond acceptors (Lipinski definition) is 3. The first-order valence-corrected chi connectivity index (χ1v) is 11.4. The number of halogens is 2. The van der Waals surface area contributed by atoms with Gasteiger partial charge >= 0.3 is 0 Å². The van der Waals surface area contributed by atoms with E-state index in [1.807, 2.05) is 24.5 Å². The Morgan fingerprint density at radius 2 is 2.00 bits per heavy atom. The van der Waals surface area contributed by atoms with Crippen LogP contribution in [0.15, 0.2) is 30.6 Å². The Labute approximate surface area is 182 Å². The molecule has 3 aromatic rings. The van der Waals surface area contributed by atoms with Crippen molar-refractivity contribution in [2.24, 2.45) is 11.8 Å². The zero-order valence-electron chi connectivity index (χ0n) is 17.1. The van der Waals surface area contributed by atoms with E-state index in [-0.39, 0.29) is 0 Å². The van der Waals surface area contributed by atoms with E-state index in [4.69, 9.17) is 28.2 Å². The molecule has 4 nitrogen and oxygen atoms in total. The number of H-pyrrole nitrogens is 1. The van der Waals surface area contributed by atoms with Gasteiger partial charge in [0.15, 0.2) is 0 Å². The molecule has 1 aliphatic rings. The Hall–Kier alpha value is -1.78. The van der Waals surface area contributed by atoms with Crippen LogP contribution < -0.4 is 4.90 Å². The zero-order valence-corrected chi connectivity index (χ0v) is 18.6. The Balaban J connectivity index is 1.72. The van der Waals surface area contributed by atoms with Crippen molar-refractivity contribution >= 4 is 39.9 Å². The third kappa shape index (κ3) is 4.10. The topological polar surface area (TPSA) is 44.8 Å². The van der Waals surface area contributed by atoms with Crippen molar-refractivity contribution in [3.8, 4) is 11.1 Å². The second-order valence-electron chi connectivity index (χ2n) is 8.10. The molecule has 0 bridgehead atoms. The first-order chi connectivity index (χ1) is 14.1. The number of nitrogens with zero attached hydrogens (tertiary/aromatic N) is 3. The van der Waals surface area contributed by atoms with Crippen LogP contribution in [0.1, 0.15) is 46.0 Å². The average Bonchev–Trinajstić information content (AvgIpc) is 3.42. The minimum absolute atomic E-state index is 0.515. The van der Waals surface area contributed by atoms with Crippen LogP contribution in [0.2, 0.25) is 10.0 Å². The molecule has 0 aliphatic carbocycles. The van der Waals surface area contributed by atoms with E-state index in [1.54, 1.807) is 0 Å². The lowest BCUT2D eigenvalue weighted by Gasteiger charge is -2.24. The zero-order chi connectivity index (χ0) is 20.4. The number of fused-ring (bicyclic) bond motifs is 1. The molecule has 6 heteroatoms. The predicted molar refractivity (Wildman–Crippen MR) is 123 cm³/mol. The van der Waals surface area contributed by atoms with E-state index in [9.17, 15) is 0 Å². The standard InChI is InChI=1S/C23H28Cl2N4/c1-3-5-15(6-4-2)16-9-10-29(14-16)21-11-19(17-12-26-27-13-17)18-7-8-20(24)22(25)23(18)28-21/h7-8,11-13,15-16H,3-6,9-10,14H2,1-2H3,(H,26,27). The van der Waals surface area contributed by atoms with E-state index < -0.39 is 0 Å². The van der Waals surface area contributed by atoms with Gasteiger partial charge in [-0.05, 0) is 36.0 Å². The van der Waals surface area contributed by atoms with Crippen LogP contribution in [0.5, 0.6) is 0 Å². The van der Waals surface area contributed by atoms with E-state index in [0.29, 0.717) is 10.0 Å². The molecule has 0 amide bonds. The van der Waals surface area contributed by atoms with Crippen LogP contribution in [0.4, 0.5) is 5.82 Å². The summed E-state index contributed by atoms with van der Waals surface area (Å²) < 4.78 is 0. The van der Waals surface area contributed by atoms with Crippen LogP contribution in [0.25, 0.3) is 22.0 Å². The van der Waals surface area contributed by atoms with Gasteiger partial charge in [-0.2, -0.15) is 5.10 Å². The third-order valence-electron chi connectivity index (χ3n) is 6.20. The molecular weight excluding hydrogens is 403 g/mol. The summed E-state index contributed by atoms with van der Waals surface area (Å²) in [5.41, 5.74) is 2.87. The quantitative estimate of drug-likeness (QED) is 0.439. The fourth-order valence-electron chi connectivity index (χ4n) is 4.76. The summed E-state index contributed by atoms with van der Waals surface area (Å²) in [6, 6.07) is 6.01. The van der Waals surface area contributed by atoms with Crippen LogP contribution in [0, 0.1) is 11.8 Å². The van der Waals surface area contributed by atoms with Crippen LogP contribution in [0.3, 0.4) is 0 Å². The van der Waals surface area contributed by atoms with Gasteiger partial charge in [-0.3, -0.25) is 5.10 Å². The summed E-state index contributed by atoms with van der Waals surface area (Å²) >= 11 is 12.9. The van der Waals surface area contributed by atoms with E-state index in [2.05, 4.69) is 35.0 Å². The highest BCUT2D eigenvalue weighted by Gasteiger charge is 2.30. The molecule has 0 saturated carbocycles. The van der Waals surface area contributed by atoms with E-state index >= 15 is 0 Å². The summed E-state index contributed by atoms with van der Waals surface area (Å²) in [4.78, 5) is 7.37. The van der Waals surface area contributed by atoms with Crippen molar-refractivity contribution in [3.63, 3.8) is 0 Å². The molecule has 154 valence electrons. The normalized spacial score (nSPS) is 17.0. The van der Waals surface area contributed by atoms with Crippen molar-refractivity contribution in [1.29, 1.82) is 0 Å². The molecule has 0 spiro atoms. The molecule has 1 aliphatic heterocycles. The van der Waals surface area contributed by atoms with Crippen LogP contribution in [-0.4, -0.2) is 28.3 Å². The minimum atomic E-state index is 0.515. The lowest BCUT2D eigenvalue weighted by molar-refractivity contribution is 0.311. The number of anilines is 1. The number of benzene rings is 1. The molecule has 1 fully saturated rings. The van der Waals surface area contributed by atoms with Gasteiger partial charge in [0.2, 0.25) is 0 Å². The lowest BCUT2D eigenvalue weighted by Crippen LogP contribution is -2.23. The van der Waals surface area contributed by atoms with Gasteiger partial charge in [-0.1, -0.05) is 68.8 Å². The molecule has 1 saturated heterocycles. The van der Waals surface area contributed by atoms with Gasteiger partial charge in [0.05, 0.1) is 21.8 Å². The maximum Gasteiger partial charge on any atom is 0.129 e. The number of pyridine rings is 1. The molecule has 3 heterocycles. The Bertz CT molecular complexity index is 965. The second kappa shape index (κ2) is 8.93. The van der Waals surface area contributed by atoms with Gasteiger partial charge in [0, 0.05) is 30.2 Å². The fourth-order valence-corrected chi connectivity index (χ4v) is 5.12.